The normalized spacial score (nSPS) is 15.1. The van der Waals surface area contributed by atoms with Crippen LogP contribution in [0.25, 0.3) is 10.9 Å². The number of sulfone groups is 1. The van der Waals surface area contributed by atoms with Crippen LogP contribution in [0.1, 0.15) is 18.4 Å². The number of rotatable bonds is 5. The zero-order valence-electron chi connectivity index (χ0n) is 17.2. The van der Waals surface area contributed by atoms with Gasteiger partial charge in [0.1, 0.15) is 5.82 Å². The van der Waals surface area contributed by atoms with Crippen molar-refractivity contribution in [2.75, 3.05) is 30.1 Å². The summed E-state index contributed by atoms with van der Waals surface area (Å²) in [5.74, 6) is 0.0313. The molecule has 1 aliphatic heterocycles. The van der Waals surface area contributed by atoms with Crippen LogP contribution in [0.15, 0.2) is 53.7 Å². The number of nitrogens with zero attached hydrogens (tertiary/aromatic N) is 3. The van der Waals surface area contributed by atoms with Gasteiger partial charge < -0.3 is 15.4 Å². The van der Waals surface area contributed by atoms with E-state index in [1.54, 1.807) is 18.2 Å². The molecule has 0 saturated carbocycles. The van der Waals surface area contributed by atoms with Gasteiger partial charge in [0.05, 0.1) is 17.7 Å². The van der Waals surface area contributed by atoms with Gasteiger partial charge in [-0.15, -0.1) is 0 Å². The van der Waals surface area contributed by atoms with E-state index in [9.17, 15) is 13.2 Å². The average molecular weight is 441 g/mol. The lowest BCUT2D eigenvalue weighted by Gasteiger charge is -2.30. The molecule has 8 nitrogen and oxygen atoms in total. The molecule has 0 radical (unpaired) electrons. The minimum Gasteiger partial charge on any atom is -0.384 e. The Morgan fingerprint density at radius 3 is 2.68 bits per heavy atom. The highest BCUT2D eigenvalue weighted by molar-refractivity contribution is 7.90. The summed E-state index contributed by atoms with van der Waals surface area (Å²) in [5.41, 5.74) is 7.62. The maximum atomic E-state index is 13.5. The van der Waals surface area contributed by atoms with E-state index in [-0.39, 0.29) is 29.1 Å². The molecular formula is C22H24N4O4S. The third-order valence-corrected chi connectivity index (χ3v) is 6.37. The maximum absolute atomic E-state index is 13.5. The molecule has 0 spiro atoms. The Morgan fingerprint density at radius 1 is 1.19 bits per heavy atom. The fraction of sp³-hybridized carbons (Fsp3) is 0.318. The van der Waals surface area contributed by atoms with Gasteiger partial charge in [-0.25, -0.2) is 18.4 Å². The smallest absolute Gasteiger partial charge is 0.230 e. The van der Waals surface area contributed by atoms with Crippen LogP contribution in [0, 0.1) is 5.92 Å². The molecular weight excluding hydrogens is 416 g/mol. The van der Waals surface area contributed by atoms with Gasteiger partial charge in [0.15, 0.2) is 14.9 Å². The average Bonchev–Trinajstić information content (AvgIpc) is 2.77. The monoisotopic (exact) mass is 440 g/mol. The van der Waals surface area contributed by atoms with Crippen molar-refractivity contribution in [2.45, 2.75) is 24.4 Å². The molecule has 1 amide bonds. The standard InChI is InChI=1S/C22H24N4O4S/c1-31(28,29)21-19(3-2-10-24-21)26(22(27)17-8-11-30-12-9-17)14-15-4-5-16-6-7-20(23)25-18(16)13-15/h2-7,10,13,17H,8-9,11-12,14H2,1H3,(H2,23,25). The van der Waals surface area contributed by atoms with Crippen molar-refractivity contribution < 1.29 is 17.9 Å². The van der Waals surface area contributed by atoms with Crippen LogP contribution in [-0.4, -0.2) is 43.8 Å². The number of aromatic nitrogens is 2. The van der Waals surface area contributed by atoms with Gasteiger partial charge in [0.2, 0.25) is 5.91 Å². The molecule has 1 aromatic carbocycles. The molecule has 162 valence electrons. The first-order valence-electron chi connectivity index (χ1n) is 10.0. The molecule has 9 heteroatoms. The van der Waals surface area contributed by atoms with Crippen LogP contribution in [0.5, 0.6) is 0 Å². The maximum Gasteiger partial charge on any atom is 0.230 e. The predicted octanol–water partition coefficient (Wildman–Crippen LogP) is 2.58. The SMILES string of the molecule is CS(=O)(=O)c1ncccc1N(Cc1ccc2ccc(N)nc2c1)C(=O)C1CCOCC1. The molecule has 0 atom stereocenters. The number of carbonyl (C=O) groups excluding carboxylic acids is 1. The number of amides is 1. The molecule has 0 aliphatic carbocycles. The summed E-state index contributed by atoms with van der Waals surface area (Å²) in [5, 5.41) is 0.817. The number of carbonyl (C=O) groups is 1. The second kappa shape index (κ2) is 8.60. The highest BCUT2D eigenvalue weighted by Gasteiger charge is 2.30. The number of fused-ring (bicyclic) bond motifs is 1. The summed E-state index contributed by atoms with van der Waals surface area (Å²) in [4.78, 5) is 23.5. The van der Waals surface area contributed by atoms with Crippen LogP contribution >= 0.6 is 0 Å². The third kappa shape index (κ3) is 4.67. The number of ether oxygens (including phenoxy) is 1. The topological polar surface area (TPSA) is 115 Å². The first kappa shape index (κ1) is 21.2. The second-order valence-electron chi connectivity index (χ2n) is 7.67. The summed E-state index contributed by atoms with van der Waals surface area (Å²) < 4.78 is 30.1. The summed E-state index contributed by atoms with van der Waals surface area (Å²) >= 11 is 0. The second-order valence-corrected chi connectivity index (χ2v) is 9.61. The van der Waals surface area contributed by atoms with Crippen LogP contribution in [0.4, 0.5) is 11.5 Å². The number of hydrogen-bond acceptors (Lipinski definition) is 7. The molecule has 3 aromatic rings. The molecule has 3 heterocycles. The Balaban J connectivity index is 1.77. The third-order valence-electron chi connectivity index (χ3n) is 5.35. The van der Waals surface area contributed by atoms with Gasteiger partial charge in [0.25, 0.3) is 0 Å². The van der Waals surface area contributed by atoms with E-state index in [0.717, 1.165) is 17.2 Å². The minimum atomic E-state index is -3.63. The number of anilines is 2. The minimum absolute atomic E-state index is 0.112. The first-order valence-corrected chi connectivity index (χ1v) is 11.9. The number of pyridine rings is 2. The Morgan fingerprint density at radius 2 is 1.94 bits per heavy atom. The van der Waals surface area contributed by atoms with Crippen LogP contribution < -0.4 is 10.6 Å². The molecule has 0 unspecified atom stereocenters. The number of benzene rings is 1. The quantitative estimate of drug-likeness (QED) is 0.648. The van der Waals surface area contributed by atoms with E-state index in [4.69, 9.17) is 10.5 Å². The molecule has 1 aliphatic rings. The Labute approximate surface area is 181 Å². The first-order chi connectivity index (χ1) is 14.8. The number of nitrogen functional groups attached to an aromatic ring is 1. The van der Waals surface area contributed by atoms with Crippen LogP contribution in [-0.2, 0) is 25.9 Å². The van der Waals surface area contributed by atoms with Crippen molar-refractivity contribution >= 4 is 38.2 Å². The molecule has 1 fully saturated rings. The van der Waals surface area contributed by atoms with Crippen molar-refractivity contribution in [3.05, 3.63) is 54.2 Å². The van der Waals surface area contributed by atoms with Crippen LogP contribution in [0.3, 0.4) is 0 Å². The molecule has 2 N–H and O–H groups in total. The van der Waals surface area contributed by atoms with Gasteiger partial charge in [-0.1, -0.05) is 12.1 Å². The molecule has 2 aromatic heterocycles. The highest BCUT2D eigenvalue weighted by atomic mass is 32.2. The Kier molecular flexibility index (Phi) is 5.88. The summed E-state index contributed by atoms with van der Waals surface area (Å²) in [6.45, 7) is 1.21. The van der Waals surface area contributed by atoms with E-state index >= 15 is 0 Å². The Hall–Kier alpha value is -3.04. The molecule has 0 bridgehead atoms. The lowest BCUT2D eigenvalue weighted by molar-refractivity contribution is -0.125. The van der Waals surface area contributed by atoms with Crippen molar-refractivity contribution in [1.29, 1.82) is 0 Å². The highest BCUT2D eigenvalue weighted by Crippen LogP contribution is 2.29. The lowest BCUT2D eigenvalue weighted by Crippen LogP contribution is -2.39. The molecule has 1 saturated heterocycles. The summed E-state index contributed by atoms with van der Waals surface area (Å²) in [6, 6.07) is 12.6. The van der Waals surface area contributed by atoms with Crippen molar-refractivity contribution in [3.8, 4) is 0 Å². The van der Waals surface area contributed by atoms with Crippen LogP contribution in [0.2, 0.25) is 0 Å². The zero-order chi connectivity index (χ0) is 22.0. The van der Waals surface area contributed by atoms with E-state index in [1.807, 2.05) is 24.3 Å². The summed E-state index contributed by atoms with van der Waals surface area (Å²) in [6.07, 6.45) is 3.71. The van der Waals surface area contributed by atoms with Gasteiger partial charge in [0, 0.05) is 37.0 Å². The summed E-state index contributed by atoms with van der Waals surface area (Å²) in [7, 11) is -3.63. The van der Waals surface area contributed by atoms with E-state index < -0.39 is 9.84 Å². The van der Waals surface area contributed by atoms with Crippen molar-refractivity contribution in [1.82, 2.24) is 9.97 Å². The number of nitrogens with two attached hydrogens (primary N) is 1. The van der Waals surface area contributed by atoms with E-state index in [1.165, 1.54) is 11.1 Å². The Bertz CT molecular complexity index is 1220. The van der Waals surface area contributed by atoms with Gasteiger partial charge in [-0.3, -0.25) is 4.79 Å². The van der Waals surface area contributed by atoms with Crippen molar-refractivity contribution in [2.24, 2.45) is 5.92 Å². The van der Waals surface area contributed by atoms with E-state index in [0.29, 0.717) is 37.4 Å². The van der Waals surface area contributed by atoms with Gasteiger partial charge >= 0.3 is 0 Å². The van der Waals surface area contributed by atoms with Crippen molar-refractivity contribution in [3.63, 3.8) is 0 Å². The van der Waals surface area contributed by atoms with Gasteiger partial charge in [-0.2, -0.15) is 0 Å². The molecule has 4 rings (SSSR count). The largest absolute Gasteiger partial charge is 0.384 e. The van der Waals surface area contributed by atoms with Gasteiger partial charge in [-0.05, 0) is 48.7 Å². The van der Waals surface area contributed by atoms with E-state index in [2.05, 4.69) is 9.97 Å². The lowest BCUT2D eigenvalue weighted by atomic mass is 9.98. The predicted molar refractivity (Wildman–Crippen MR) is 118 cm³/mol. The zero-order valence-corrected chi connectivity index (χ0v) is 18.0. The fourth-order valence-electron chi connectivity index (χ4n) is 3.78. The molecule has 31 heavy (non-hydrogen) atoms. The number of hydrogen-bond donors (Lipinski definition) is 1. The fourth-order valence-corrected chi connectivity index (χ4v) is 4.59.